The summed E-state index contributed by atoms with van der Waals surface area (Å²) >= 11 is 0. The Hall–Kier alpha value is -1.59. The molecule has 0 aromatic heterocycles. The van der Waals surface area contributed by atoms with Crippen LogP contribution in [-0.2, 0) is 16.0 Å². The van der Waals surface area contributed by atoms with Crippen LogP contribution in [0.15, 0.2) is 24.3 Å². The van der Waals surface area contributed by atoms with Crippen LogP contribution in [0.2, 0.25) is 0 Å². The lowest BCUT2D eigenvalue weighted by Gasteiger charge is -2.26. The Kier molecular flexibility index (Phi) is 6.02. The lowest BCUT2D eigenvalue weighted by Crippen LogP contribution is -2.44. The van der Waals surface area contributed by atoms with E-state index in [0.29, 0.717) is 13.2 Å². The van der Waals surface area contributed by atoms with E-state index in [1.165, 1.54) is 5.56 Å². The summed E-state index contributed by atoms with van der Waals surface area (Å²) in [7, 11) is 3.72. The van der Waals surface area contributed by atoms with E-state index in [9.17, 15) is 4.79 Å². The molecule has 1 aromatic rings. The molecule has 0 bridgehead atoms. The average molecular weight is 291 g/mol. The molecule has 0 saturated carbocycles. The lowest BCUT2D eigenvalue weighted by molar-refractivity contribution is -0.122. The van der Waals surface area contributed by atoms with Crippen LogP contribution in [0.3, 0.4) is 0 Å². The monoisotopic (exact) mass is 291 g/mol. The molecule has 0 aliphatic carbocycles. The van der Waals surface area contributed by atoms with Gasteiger partial charge in [0.1, 0.15) is 6.04 Å². The van der Waals surface area contributed by atoms with Gasteiger partial charge in [-0.2, -0.15) is 0 Å². The van der Waals surface area contributed by atoms with Gasteiger partial charge in [-0.15, -0.1) is 0 Å². The largest absolute Gasteiger partial charge is 0.383 e. The third-order valence-electron chi connectivity index (χ3n) is 3.84. The molecule has 1 amide bonds. The number of aryl methyl sites for hydroxylation is 1. The maximum absolute atomic E-state index is 12.2. The number of nitrogens with one attached hydrogen (secondary N) is 2. The number of amides is 1. The third kappa shape index (κ3) is 4.72. The Morgan fingerprint density at radius 2 is 2.24 bits per heavy atom. The van der Waals surface area contributed by atoms with E-state index in [4.69, 9.17) is 4.74 Å². The average Bonchev–Trinajstić information content (AvgIpc) is 2.52. The molecule has 0 saturated heterocycles. The predicted octanol–water partition coefficient (Wildman–Crippen LogP) is 1.11. The Balaban J connectivity index is 1.72. The van der Waals surface area contributed by atoms with E-state index in [0.717, 1.165) is 31.6 Å². The number of likely N-dealkylation sites (N-methyl/N-ethyl adjacent to an activating group) is 1. The Labute approximate surface area is 126 Å². The number of hydrogen-bond acceptors (Lipinski definition) is 4. The fraction of sp³-hybridized carbons (Fsp3) is 0.562. The predicted molar refractivity (Wildman–Crippen MR) is 84.6 cm³/mol. The number of benzene rings is 1. The summed E-state index contributed by atoms with van der Waals surface area (Å²) in [6.45, 7) is 3.09. The van der Waals surface area contributed by atoms with E-state index in [-0.39, 0.29) is 11.9 Å². The molecule has 1 unspecified atom stereocenters. The molecule has 1 aromatic carbocycles. The molecule has 1 atom stereocenters. The Bertz CT molecular complexity index is 465. The highest BCUT2D eigenvalue weighted by Crippen LogP contribution is 2.24. The van der Waals surface area contributed by atoms with Crippen molar-refractivity contribution in [1.82, 2.24) is 10.2 Å². The highest BCUT2D eigenvalue weighted by Gasteiger charge is 2.23. The highest BCUT2D eigenvalue weighted by atomic mass is 16.5. The molecule has 5 heteroatoms. The third-order valence-corrected chi connectivity index (χ3v) is 3.84. The summed E-state index contributed by atoms with van der Waals surface area (Å²) in [5, 5.41) is 6.33. The van der Waals surface area contributed by atoms with Gasteiger partial charge in [0.25, 0.3) is 0 Å². The van der Waals surface area contributed by atoms with Crippen molar-refractivity contribution >= 4 is 11.6 Å². The standard InChI is InChI=1S/C16H25N3O2/c1-19(11-12-21-2)10-9-17-16(20)15-8-7-13-5-3-4-6-14(13)18-15/h3-6,15,18H,7-12H2,1-2H3,(H,17,20). The van der Waals surface area contributed by atoms with Crippen LogP contribution < -0.4 is 10.6 Å². The van der Waals surface area contributed by atoms with Crippen LogP contribution in [0.25, 0.3) is 0 Å². The number of para-hydroxylation sites is 1. The number of ether oxygens (including phenoxy) is 1. The second kappa shape index (κ2) is 8.00. The Morgan fingerprint density at radius 3 is 3.05 bits per heavy atom. The van der Waals surface area contributed by atoms with Crippen LogP contribution in [0.1, 0.15) is 12.0 Å². The van der Waals surface area contributed by atoms with Crippen molar-refractivity contribution in [3.63, 3.8) is 0 Å². The van der Waals surface area contributed by atoms with Crippen molar-refractivity contribution < 1.29 is 9.53 Å². The van der Waals surface area contributed by atoms with Gasteiger partial charge in [0.15, 0.2) is 0 Å². The van der Waals surface area contributed by atoms with Crippen molar-refractivity contribution in [1.29, 1.82) is 0 Å². The first-order chi connectivity index (χ1) is 10.2. The van der Waals surface area contributed by atoms with E-state index in [1.807, 2.05) is 25.2 Å². The molecule has 2 N–H and O–H groups in total. The fourth-order valence-corrected chi connectivity index (χ4v) is 2.49. The molecular formula is C16H25N3O2. The van der Waals surface area contributed by atoms with Gasteiger partial charge in [-0.1, -0.05) is 18.2 Å². The summed E-state index contributed by atoms with van der Waals surface area (Å²) < 4.78 is 5.03. The molecule has 2 rings (SSSR count). The molecule has 5 nitrogen and oxygen atoms in total. The molecular weight excluding hydrogens is 266 g/mol. The lowest BCUT2D eigenvalue weighted by atomic mass is 9.98. The summed E-state index contributed by atoms with van der Waals surface area (Å²) in [6, 6.07) is 8.06. The van der Waals surface area contributed by atoms with Gasteiger partial charge in [-0.05, 0) is 31.5 Å². The van der Waals surface area contributed by atoms with Crippen molar-refractivity contribution in [2.75, 3.05) is 45.7 Å². The fourth-order valence-electron chi connectivity index (χ4n) is 2.49. The topological polar surface area (TPSA) is 53.6 Å². The second-order valence-electron chi connectivity index (χ2n) is 5.48. The summed E-state index contributed by atoms with van der Waals surface area (Å²) in [4.78, 5) is 14.3. The molecule has 0 fully saturated rings. The van der Waals surface area contributed by atoms with Gasteiger partial charge < -0.3 is 20.3 Å². The van der Waals surface area contributed by atoms with Gasteiger partial charge in [-0.3, -0.25) is 4.79 Å². The van der Waals surface area contributed by atoms with Crippen molar-refractivity contribution in [3.05, 3.63) is 29.8 Å². The number of carbonyl (C=O) groups excluding carboxylic acids is 1. The minimum absolute atomic E-state index is 0.0876. The summed E-state index contributed by atoms with van der Waals surface area (Å²) in [5.74, 6) is 0.0876. The number of carbonyl (C=O) groups is 1. The van der Waals surface area contributed by atoms with Gasteiger partial charge in [0.2, 0.25) is 5.91 Å². The van der Waals surface area contributed by atoms with Crippen LogP contribution >= 0.6 is 0 Å². The zero-order chi connectivity index (χ0) is 15.1. The first-order valence-corrected chi connectivity index (χ1v) is 7.50. The van der Waals surface area contributed by atoms with Gasteiger partial charge in [0, 0.05) is 32.4 Å². The first-order valence-electron chi connectivity index (χ1n) is 7.50. The number of anilines is 1. The molecule has 0 spiro atoms. The Morgan fingerprint density at radius 1 is 1.43 bits per heavy atom. The molecule has 1 aliphatic rings. The van der Waals surface area contributed by atoms with Crippen molar-refractivity contribution in [3.8, 4) is 0 Å². The van der Waals surface area contributed by atoms with Crippen LogP contribution in [0.5, 0.6) is 0 Å². The van der Waals surface area contributed by atoms with Gasteiger partial charge in [-0.25, -0.2) is 0 Å². The molecule has 1 aliphatic heterocycles. The maximum atomic E-state index is 12.2. The molecule has 0 radical (unpaired) electrons. The van der Waals surface area contributed by atoms with Crippen molar-refractivity contribution in [2.24, 2.45) is 0 Å². The molecule has 21 heavy (non-hydrogen) atoms. The van der Waals surface area contributed by atoms with Crippen LogP contribution in [0.4, 0.5) is 5.69 Å². The van der Waals surface area contributed by atoms with E-state index >= 15 is 0 Å². The zero-order valence-corrected chi connectivity index (χ0v) is 12.9. The molecule has 1 heterocycles. The highest BCUT2D eigenvalue weighted by molar-refractivity contribution is 5.85. The van der Waals surface area contributed by atoms with Crippen LogP contribution in [0, 0.1) is 0 Å². The SMILES string of the molecule is COCCN(C)CCNC(=O)C1CCc2ccccc2N1. The maximum Gasteiger partial charge on any atom is 0.242 e. The van der Waals surface area contributed by atoms with Gasteiger partial charge in [0.05, 0.1) is 6.61 Å². The first kappa shape index (κ1) is 15.8. The van der Waals surface area contributed by atoms with Gasteiger partial charge >= 0.3 is 0 Å². The summed E-state index contributed by atoms with van der Waals surface area (Å²) in [6.07, 6.45) is 1.80. The minimum atomic E-state index is -0.121. The molecule has 116 valence electrons. The quantitative estimate of drug-likeness (QED) is 0.790. The van der Waals surface area contributed by atoms with E-state index < -0.39 is 0 Å². The minimum Gasteiger partial charge on any atom is -0.383 e. The zero-order valence-electron chi connectivity index (χ0n) is 12.9. The number of rotatable bonds is 7. The number of nitrogens with zero attached hydrogens (tertiary/aromatic N) is 1. The smallest absolute Gasteiger partial charge is 0.242 e. The number of fused-ring (bicyclic) bond motifs is 1. The van der Waals surface area contributed by atoms with E-state index in [1.54, 1.807) is 7.11 Å². The number of methoxy groups -OCH3 is 1. The van der Waals surface area contributed by atoms with Crippen LogP contribution in [-0.4, -0.2) is 57.2 Å². The number of hydrogen-bond donors (Lipinski definition) is 2. The second-order valence-corrected chi connectivity index (χ2v) is 5.48. The van der Waals surface area contributed by atoms with Crippen molar-refractivity contribution in [2.45, 2.75) is 18.9 Å². The van der Waals surface area contributed by atoms with E-state index in [2.05, 4.69) is 21.6 Å². The normalized spacial score (nSPS) is 17.2. The summed E-state index contributed by atoms with van der Waals surface area (Å²) in [5.41, 5.74) is 2.38.